The molecule has 4 heteroatoms. The van der Waals surface area contributed by atoms with Gasteiger partial charge >= 0.3 is 0 Å². The first-order valence-electron chi connectivity index (χ1n) is 4.99. The van der Waals surface area contributed by atoms with Gasteiger partial charge < -0.3 is 0 Å². The second kappa shape index (κ2) is 4.98. The predicted molar refractivity (Wildman–Crippen MR) is 64.2 cm³/mol. The maximum atomic E-state index is 13.0. The van der Waals surface area contributed by atoms with Gasteiger partial charge in [0, 0.05) is 10.6 Å². The van der Waals surface area contributed by atoms with Crippen LogP contribution in [0.25, 0.3) is 0 Å². The van der Waals surface area contributed by atoms with E-state index in [1.54, 1.807) is 18.2 Å². The number of nitriles is 1. The molecular formula is C13H9FN2S. The SMILES string of the molecule is Cc1cc(C#N)cc(Sc2cccc(F)c2)n1. The molecule has 0 amide bonds. The van der Waals surface area contributed by atoms with Crippen molar-refractivity contribution in [1.29, 1.82) is 5.26 Å². The fourth-order valence-corrected chi connectivity index (χ4v) is 2.34. The minimum absolute atomic E-state index is 0.275. The normalized spacial score (nSPS) is 9.94. The van der Waals surface area contributed by atoms with Crippen LogP contribution in [0.3, 0.4) is 0 Å². The average molecular weight is 244 g/mol. The molecule has 17 heavy (non-hydrogen) atoms. The van der Waals surface area contributed by atoms with Gasteiger partial charge in [-0.15, -0.1) is 0 Å². The predicted octanol–water partition coefficient (Wildman–Crippen LogP) is 3.55. The summed E-state index contributed by atoms with van der Waals surface area (Å²) in [7, 11) is 0. The second-order valence-electron chi connectivity index (χ2n) is 3.51. The molecule has 0 aliphatic rings. The Morgan fingerprint density at radius 2 is 2.12 bits per heavy atom. The van der Waals surface area contributed by atoms with E-state index in [1.807, 2.05) is 13.0 Å². The quantitative estimate of drug-likeness (QED) is 0.810. The Morgan fingerprint density at radius 1 is 1.29 bits per heavy atom. The molecule has 2 aromatic rings. The van der Waals surface area contributed by atoms with Crippen molar-refractivity contribution in [2.75, 3.05) is 0 Å². The van der Waals surface area contributed by atoms with Gasteiger partial charge in [-0.2, -0.15) is 5.26 Å². The molecule has 84 valence electrons. The molecule has 0 atom stereocenters. The number of aryl methyl sites for hydroxylation is 1. The molecule has 0 saturated carbocycles. The third-order valence-electron chi connectivity index (χ3n) is 2.08. The number of pyridine rings is 1. The minimum Gasteiger partial charge on any atom is -0.246 e. The van der Waals surface area contributed by atoms with Gasteiger partial charge in [-0.3, -0.25) is 0 Å². The lowest BCUT2D eigenvalue weighted by Crippen LogP contribution is -1.87. The van der Waals surface area contributed by atoms with Crippen LogP contribution in [0.15, 0.2) is 46.3 Å². The largest absolute Gasteiger partial charge is 0.246 e. The van der Waals surface area contributed by atoms with E-state index < -0.39 is 0 Å². The third kappa shape index (κ3) is 3.05. The van der Waals surface area contributed by atoms with Gasteiger partial charge in [-0.1, -0.05) is 17.8 Å². The van der Waals surface area contributed by atoms with Crippen molar-refractivity contribution in [2.24, 2.45) is 0 Å². The molecular weight excluding hydrogens is 235 g/mol. The summed E-state index contributed by atoms with van der Waals surface area (Å²) < 4.78 is 13.0. The minimum atomic E-state index is -0.275. The molecule has 0 fully saturated rings. The van der Waals surface area contributed by atoms with E-state index in [1.165, 1.54) is 23.9 Å². The first-order chi connectivity index (χ1) is 8.17. The highest BCUT2D eigenvalue weighted by molar-refractivity contribution is 7.99. The Bertz CT molecular complexity index is 590. The summed E-state index contributed by atoms with van der Waals surface area (Å²) in [5, 5.41) is 9.55. The number of hydrogen-bond acceptors (Lipinski definition) is 3. The van der Waals surface area contributed by atoms with Gasteiger partial charge in [0.05, 0.1) is 11.6 Å². The molecule has 2 nitrogen and oxygen atoms in total. The van der Waals surface area contributed by atoms with Crippen molar-refractivity contribution in [2.45, 2.75) is 16.8 Å². The van der Waals surface area contributed by atoms with Crippen molar-refractivity contribution < 1.29 is 4.39 Å². The summed E-state index contributed by atoms with van der Waals surface area (Å²) in [5.41, 5.74) is 1.35. The highest BCUT2D eigenvalue weighted by Crippen LogP contribution is 2.27. The Kier molecular flexibility index (Phi) is 3.40. The van der Waals surface area contributed by atoms with E-state index in [9.17, 15) is 4.39 Å². The molecule has 0 spiro atoms. The van der Waals surface area contributed by atoms with Crippen LogP contribution in [-0.4, -0.2) is 4.98 Å². The van der Waals surface area contributed by atoms with E-state index in [-0.39, 0.29) is 5.82 Å². The van der Waals surface area contributed by atoms with Gasteiger partial charge in [0.2, 0.25) is 0 Å². The zero-order valence-corrected chi connectivity index (χ0v) is 9.96. The molecule has 2 rings (SSSR count). The van der Waals surface area contributed by atoms with Gasteiger partial charge in [0.25, 0.3) is 0 Å². The van der Waals surface area contributed by atoms with E-state index in [4.69, 9.17) is 5.26 Å². The molecule has 0 bridgehead atoms. The fraction of sp³-hybridized carbons (Fsp3) is 0.0769. The maximum Gasteiger partial charge on any atom is 0.124 e. The van der Waals surface area contributed by atoms with Crippen LogP contribution in [0.5, 0.6) is 0 Å². The smallest absolute Gasteiger partial charge is 0.124 e. The first-order valence-corrected chi connectivity index (χ1v) is 5.81. The fourth-order valence-electron chi connectivity index (χ4n) is 1.41. The summed E-state index contributed by atoms with van der Waals surface area (Å²) >= 11 is 1.34. The van der Waals surface area contributed by atoms with Gasteiger partial charge in [-0.05, 0) is 37.3 Å². The van der Waals surface area contributed by atoms with E-state index in [0.717, 1.165) is 10.6 Å². The third-order valence-corrected chi connectivity index (χ3v) is 2.99. The maximum absolute atomic E-state index is 13.0. The Morgan fingerprint density at radius 3 is 2.82 bits per heavy atom. The van der Waals surface area contributed by atoms with Crippen LogP contribution >= 0.6 is 11.8 Å². The van der Waals surface area contributed by atoms with Crippen molar-refractivity contribution in [1.82, 2.24) is 4.98 Å². The summed E-state index contributed by atoms with van der Waals surface area (Å²) in [6.45, 7) is 1.83. The van der Waals surface area contributed by atoms with E-state index >= 15 is 0 Å². The molecule has 1 aromatic carbocycles. The van der Waals surface area contributed by atoms with Crippen LogP contribution in [0, 0.1) is 24.1 Å². The summed E-state index contributed by atoms with van der Waals surface area (Å²) in [5.74, 6) is -0.275. The molecule has 0 unspecified atom stereocenters. The topological polar surface area (TPSA) is 36.7 Å². The number of halogens is 1. The molecule has 1 aromatic heterocycles. The molecule has 0 saturated heterocycles. The summed E-state index contributed by atoms with van der Waals surface area (Å²) in [6.07, 6.45) is 0. The Labute approximate surface area is 103 Å². The molecule has 1 heterocycles. The zero-order valence-electron chi connectivity index (χ0n) is 9.14. The number of benzene rings is 1. The van der Waals surface area contributed by atoms with Gasteiger partial charge in [0.1, 0.15) is 10.8 Å². The number of nitrogens with zero attached hydrogens (tertiary/aromatic N) is 2. The van der Waals surface area contributed by atoms with Gasteiger partial charge in [-0.25, -0.2) is 9.37 Å². The van der Waals surface area contributed by atoms with E-state index in [0.29, 0.717) is 10.6 Å². The van der Waals surface area contributed by atoms with Crippen molar-refractivity contribution in [3.63, 3.8) is 0 Å². The lowest BCUT2D eigenvalue weighted by molar-refractivity contribution is 0.624. The van der Waals surface area contributed by atoms with Crippen LogP contribution in [-0.2, 0) is 0 Å². The van der Waals surface area contributed by atoms with Crippen molar-refractivity contribution in [3.8, 4) is 6.07 Å². The van der Waals surface area contributed by atoms with Crippen molar-refractivity contribution in [3.05, 3.63) is 53.5 Å². The van der Waals surface area contributed by atoms with Crippen LogP contribution < -0.4 is 0 Å². The highest BCUT2D eigenvalue weighted by Gasteiger charge is 2.03. The van der Waals surface area contributed by atoms with Gasteiger partial charge in [0.15, 0.2) is 0 Å². The average Bonchev–Trinajstić information content (AvgIpc) is 2.28. The van der Waals surface area contributed by atoms with Crippen LogP contribution in [0.2, 0.25) is 0 Å². The zero-order chi connectivity index (χ0) is 12.3. The van der Waals surface area contributed by atoms with E-state index in [2.05, 4.69) is 11.1 Å². The molecule has 0 N–H and O–H groups in total. The number of rotatable bonds is 2. The summed E-state index contributed by atoms with van der Waals surface area (Å²) in [4.78, 5) is 5.07. The second-order valence-corrected chi connectivity index (χ2v) is 4.60. The highest BCUT2D eigenvalue weighted by atomic mass is 32.2. The Balaban J connectivity index is 2.30. The Hall–Kier alpha value is -1.86. The lowest BCUT2D eigenvalue weighted by atomic mass is 10.2. The standard InChI is InChI=1S/C13H9FN2S/c1-9-5-10(8-15)6-13(16-9)17-12-4-2-3-11(14)7-12/h2-7H,1H3. The lowest BCUT2D eigenvalue weighted by Gasteiger charge is -2.02. The monoisotopic (exact) mass is 244 g/mol. The molecule has 0 radical (unpaired) electrons. The number of aromatic nitrogens is 1. The summed E-state index contributed by atoms with van der Waals surface area (Å²) in [6, 6.07) is 11.8. The molecule has 0 aliphatic carbocycles. The first kappa shape index (κ1) is 11.6. The van der Waals surface area contributed by atoms with Crippen LogP contribution in [0.1, 0.15) is 11.3 Å². The molecule has 0 aliphatic heterocycles. The van der Waals surface area contributed by atoms with Crippen LogP contribution in [0.4, 0.5) is 4.39 Å². The number of hydrogen-bond donors (Lipinski definition) is 0. The van der Waals surface area contributed by atoms with Crippen molar-refractivity contribution >= 4 is 11.8 Å².